The van der Waals surface area contributed by atoms with Gasteiger partial charge in [0.15, 0.2) is 0 Å². The van der Waals surface area contributed by atoms with Crippen molar-refractivity contribution < 1.29 is 4.74 Å². The van der Waals surface area contributed by atoms with E-state index in [1.165, 1.54) is 6.20 Å². The van der Waals surface area contributed by atoms with Crippen LogP contribution in [0.3, 0.4) is 0 Å². The number of thiocarbonyl (C=S) groups is 1. The minimum atomic E-state index is 0.206. The van der Waals surface area contributed by atoms with Crippen molar-refractivity contribution in [2.24, 2.45) is 5.73 Å². The largest absolute Gasteiger partial charge is 0.435 e. The quantitative estimate of drug-likeness (QED) is 0.875. The second-order valence-electron chi connectivity index (χ2n) is 3.06. The van der Waals surface area contributed by atoms with Crippen molar-refractivity contribution in [3.8, 4) is 11.6 Å². The second-order valence-corrected chi connectivity index (χ2v) is 4.41. The molecule has 0 aromatic carbocycles. The van der Waals surface area contributed by atoms with E-state index in [1.54, 1.807) is 24.5 Å². The molecule has 0 fully saturated rings. The molecule has 17 heavy (non-hydrogen) atoms. The van der Waals surface area contributed by atoms with Gasteiger partial charge in [-0.05, 0) is 28.1 Å². The highest BCUT2D eigenvalue weighted by Crippen LogP contribution is 2.23. The number of hydrogen-bond acceptors (Lipinski definition) is 5. The highest BCUT2D eigenvalue weighted by atomic mass is 79.9. The first-order chi connectivity index (χ1) is 8.16. The number of nitrogens with zero attached hydrogens (tertiary/aromatic N) is 3. The first-order valence-electron chi connectivity index (χ1n) is 4.56. The summed E-state index contributed by atoms with van der Waals surface area (Å²) in [7, 11) is 0. The van der Waals surface area contributed by atoms with Gasteiger partial charge in [-0.1, -0.05) is 12.2 Å². The molecular weight excluding hydrogens is 304 g/mol. The number of aromatic nitrogens is 3. The van der Waals surface area contributed by atoms with Crippen LogP contribution in [0, 0.1) is 0 Å². The van der Waals surface area contributed by atoms with E-state index in [4.69, 9.17) is 22.7 Å². The van der Waals surface area contributed by atoms with Crippen molar-refractivity contribution in [1.82, 2.24) is 15.2 Å². The molecule has 0 aliphatic rings. The molecule has 2 aromatic rings. The zero-order valence-corrected chi connectivity index (χ0v) is 10.9. The monoisotopic (exact) mass is 310 g/mol. The van der Waals surface area contributed by atoms with E-state index in [1.807, 2.05) is 0 Å². The Hall–Kier alpha value is -1.60. The molecule has 0 unspecified atom stereocenters. The maximum Gasteiger partial charge on any atom is 0.249 e. The van der Waals surface area contributed by atoms with Crippen molar-refractivity contribution in [2.45, 2.75) is 0 Å². The number of pyridine rings is 1. The first kappa shape index (κ1) is 11.9. The molecule has 0 spiro atoms. The predicted octanol–water partition coefficient (Wildman–Crippen LogP) is 2.06. The molecule has 2 N–H and O–H groups in total. The summed E-state index contributed by atoms with van der Waals surface area (Å²) in [5.41, 5.74) is 6.09. The lowest BCUT2D eigenvalue weighted by Gasteiger charge is -2.07. The molecule has 7 heteroatoms. The molecule has 0 aliphatic carbocycles. The van der Waals surface area contributed by atoms with Crippen LogP contribution >= 0.6 is 28.1 Å². The first-order valence-corrected chi connectivity index (χ1v) is 5.77. The van der Waals surface area contributed by atoms with Gasteiger partial charge < -0.3 is 10.5 Å². The van der Waals surface area contributed by atoms with E-state index in [9.17, 15) is 0 Å². The minimum Gasteiger partial charge on any atom is -0.435 e. The number of halogens is 1. The van der Waals surface area contributed by atoms with E-state index < -0.39 is 0 Å². The van der Waals surface area contributed by atoms with Crippen LogP contribution in [0.2, 0.25) is 0 Å². The summed E-state index contributed by atoms with van der Waals surface area (Å²) in [5.74, 6) is 0.789. The van der Waals surface area contributed by atoms with E-state index in [-0.39, 0.29) is 10.9 Å². The summed E-state index contributed by atoms with van der Waals surface area (Å²) < 4.78 is 6.32. The molecule has 0 saturated carbocycles. The summed E-state index contributed by atoms with van der Waals surface area (Å²) >= 11 is 8.19. The van der Waals surface area contributed by atoms with Gasteiger partial charge in [0.25, 0.3) is 0 Å². The lowest BCUT2D eigenvalue weighted by molar-refractivity contribution is 0.452. The van der Waals surface area contributed by atoms with E-state index in [0.717, 1.165) is 4.47 Å². The lowest BCUT2D eigenvalue weighted by atomic mass is 10.3. The fourth-order valence-electron chi connectivity index (χ4n) is 1.14. The topological polar surface area (TPSA) is 73.9 Å². The maximum absolute atomic E-state index is 5.56. The van der Waals surface area contributed by atoms with E-state index in [2.05, 4.69) is 31.1 Å². The zero-order chi connectivity index (χ0) is 12.3. The van der Waals surface area contributed by atoms with Crippen LogP contribution < -0.4 is 10.5 Å². The Morgan fingerprint density at radius 3 is 2.94 bits per heavy atom. The molecule has 2 rings (SSSR count). The molecule has 0 aliphatic heterocycles. The minimum absolute atomic E-state index is 0.206. The van der Waals surface area contributed by atoms with Gasteiger partial charge in [0.05, 0.1) is 18.0 Å². The zero-order valence-electron chi connectivity index (χ0n) is 8.50. The Kier molecular flexibility index (Phi) is 3.60. The SMILES string of the molecule is NC(=S)c1ccnnc1Oc1cncc(Br)c1. The predicted molar refractivity (Wildman–Crippen MR) is 69.9 cm³/mol. The number of hydrogen-bond donors (Lipinski definition) is 1. The fraction of sp³-hybridized carbons (Fsp3) is 0. The number of ether oxygens (including phenoxy) is 1. The van der Waals surface area contributed by atoms with Gasteiger partial charge in [0, 0.05) is 10.7 Å². The molecule has 86 valence electrons. The third kappa shape index (κ3) is 2.95. The summed E-state index contributed by atoms with van der Waals surface area (Å²) in [5, 5.41) is 7.57. The van der Waals surface area contributed by atoms with E-state index in [0.29, 0.717) is 11.3 Å². The van der Waals surface area contributed by atoms with Gasteiger partial charge >= 0.3 is 0 Å². The van der Waals surface area contributed by atoms with Gasteiger partial charge in [-0.2, -0.15) is 5.10 Å². The molecule has 0 amide bonds. The molecule has 2 aromatic heterocycles. The molecule has 0 bridgehead atoms. The van der Waals surface area contributed by atoms with Crippen molar-refractivity contribution in [2.75, 3.05) is 0 Å². The van der Waals surface area contributed by atoms with Crippen LogP contribution in [0.4, 0.5) is 0 Å². The third-order valence-electron chi connectivity index (χ3n) is 1.85. The van der Waals surface area contributed by atoms with Gasteiger partial charge in [0.1, 0.15) is 10.7 Å². The van der Waals surface area contributed by atoms with Crippen molar-refractivity contribution in [3.05, 3.63) is 40.8 Å². The number of rotatable bonds is 3. The molecule has 0 radical (unpaired) electrons. The Morgan fingerprint density at radius 2 is 2.24 bits per heavy atom. The highest BCUT2D eigenvalue weighted by Gasteiger charge is 2.09. The average Bonchev–Trinajstić information content (AvgIpc) is 2.29. The summed E-state index contributed by atoms with van der Waals surface area (Å²) in [6, 6.07) is 3.40. The normalized spacial score (nSPS) is 9.94. The van der Waals surface area contributed by atoms with Crippen molar-refractivity contribution >= 4 is 33.1 Å². The number of nitrogens with two attached hydrogens (primary N) is 1. The van der Waals surface area contributed by atoms with Crippen molar-refractivity contribution in [1.29, 1.82) is 0 Å². The Morgan fingerprint density at radius 1 is 1.41 bits per heavy atom. The third-order valence-corrected chi connectivity index (χ3v) is 2.50. The van der Waals surface area contributed by atoms with Crippen LogP contribution in [0.15, 0.2) is 35.2 Å². The smallest absolute Gasteiger partial charge is 0.249 e. The fourth-order valence-corrected chi connectivity index (χ4v) is 1.64. The van der Waals surface area contributed by atoms with E-state index >= 15 is 0 Å². The van der Waals surface area contributed by atoms with Gasteiger partial charge in [-0.15, -0.1) is 5.10 Å². The van der Waals surface area contributed by atoms with Crippen LogP contribution in [-0.4, -0.2) is 20.2 Å². The lowest BCUT2D eigenvalue weighted by Crippen LogP contribution is -2.12. The average molecular weight is 311 g/mol. The molecule has 0 atom stereocenters. The van der Waals surface area contributed by atoms with Crippen LogP contribution in [0.25, 0.3) is 0 Å². The molecule has 5 nitrogen and oxygen atoms in total. The summed E-state index contributed by atoms with van der Waals surface area (Å²) in [4.78, 5) is 4.18. The Balaban J connectivity index is 2.33. The van der Waals surface area contributed by atoms with Gasteiger partial charge in [-0.25, -0.2) is 0 Å². The summed E-state index contributed by atoms with van der Waals surface area (Å²) in [6.07, 6.45) is 4.71. The van der Waals surface area contributed by atoms with Crippen LogP contribution in [-0.2, 0) is 0 Å². The second kappa shape index (κ2) is 5.15. The van der Waals surface area contributed by atoms with Crippen LogP contribution in [0.1, 0.15) is 5.56 Å². The van der Waals surface area contributed by atoms with Crippen LogP contribution in [0.5, 0.6) is 11.6 Å². The van der Waals surface area contributed by atoms with Gasteiger partial charge in [0.2, 0.25) is 5.88 Å². The summed E-state index contributed by atoms with van der Waals surface area (Å²) in [6.45, 7) is 0. The standard InChI is InChI=1S/C10H7BrN4OS/c11-6-3-7(5-13-4-6)16-10-8(9(12)17)1-2-14-15-10/h1-5H,(H2,12,17). The van der Waals surface area contributed by atoms with Crippen molar-refractivity contribution in [3.63, 3.8) is 0 Å². The Bertz CT molecular complexity index is 564. The maximum atomic E-state index is 5.56. The van der Waals surface area contributed by atoms with Gasteiger partial charge in [-0.3, -0.25) is 4.98 Å². The molecule has 2 heterocycles. The Labute approximate surface area is 111 Å². The molecule has 0 saturated heterocycles. The molecular formula is C10H7BrN4OS. The highest BCUT2D eigenvalue weighted by molar-refractivity contribution is 9.10.